The second-order valence-electron chi connectivity index (χ2n) is 5.81. The van der Waals surface area contributed by atoms with Crippen LogP contribution in [0.15, 0.2) is 24.3 Å². The Morgan fingerprint density at radius 3 is 2.15 bits per heavy atom. The molecule has 0 aromatic heterocycles. The smallest absolute Gasteiger partial charge is 0.307 e. The van der Waals surface area contributed by atoms with Crippen LogP contribution >= 0.6 is 0 Å². The third kappa shape index (κ3) is 4.17. The Morgan fingerprint density at radius 1 is 1.20 bits per heavy atom. The van der Waals surface area contributed by atoms with E-state index in [4.69, 9.17) is 0 Å². The van der Waals surface area contributed by atoms with Crippen LogP contribution in [0.5, 0.6) is 0 Å². The molecule has 4 heteroatoms. The van der Waals surface area contributed by atoms with E-state index in [2.05, 4.69) is 30.8 Å². The Bertz CT molecular complexity index is 471. The molecule has 110 valence electrons. The summed E-state index contributed by atoms with van der Waals surface area (Å²) >= 11 is 0. The van der Waals surface area contributed by atoms with Gasteiger partial charge in [-0.15, -0.1) is 0 Å². The maximum Gasteiger partial charge on any atom is 0.307 e. The van der Waals surface area contributed by atoms with Gasteiger partial charge in [0.25, 0.3) is 0 Å². The van der Waals surface area contributed by atoms with E-state index >= 15 is 0 Å². The number of Topliss-reactive ketones (excluding diaryl/α,β-unsaturated/α-hetero) is 1. The lowest BCUT2D eigenvalue weighted by atomic mass is 9.86. The molecule has 0 aliphatic carbocycles. The standard InChI is InChI=1S/C16H23NO3/c1-16(2,3)12-8-6-11(7-9-12)15(19)13(17-4)10-14(18)20-5/h6-9,13,17H,10H2,1-5H3. The molecule has 1 unspecified atom stereocenters. The fourth-order valence-electron chi connectivity index (χ4n) is 1.91. The molecular weight excluding hydrogens is 254 g/mol. The van der Waals surface area contributed by atoms with E-state index in [9.17, 15) is 9.59 Å². The molecule has 1 N–H and O–H groups in total. The number of rotatable bonds is 5. The third-order valence-electron chi connectivity index (χ3n) is 3.30. The molecule has 0 aliphatic rings. The lowest BCUT2D eigenvalue weighted by Crippen LogP contribution is -2.36. The van der Waals surface area contributed by atoms with Crippen LogP contribution in [0.3, 0.4) is 0 Å². The van der Waals surface area contributed by atoms with Crippen molar-refractivity contribution in [3.63, 3.8) is 0 Å². The first kappa shape index (κ1) is 16.4. The number of carbonyl (C=O) groups excluding carboxylic acids is 2. The van der Waals surface area contributed by atoms with E-state index in [0.29, 0.717) is 5.56 Å². The Morgan fingerprint density at radius 2 is 1.75 bits per heavy atom. The Balaban J connectivity index is 2.88. The molecule has 0 aliphatic heterocycles. The minimum Gasteiger partial charge on any atom is -0.469 e. The van der Waals surface area contributed by atoms with Gasteiger partial charge in [0.2, 0.25) is 0 Å². The lowest BCUT2D eigenvalue weighted by Gasteiger charge is -2.19. The molecule has 0 bridgehead atoms. The molecule has 4 nitrogen and oxygen atoms in total. The molecule has 0 radical (unpaired) electrons. The zero-order valence-corrected chi connectivity index (χ0v) is 12.8. The molecule has 0 amide bonds. The maximum absolute atomic E-state index is 12.3. The monoisotopic (exact) mass is 277 g/mol. The van der Waals surface area contributed by atoms with Crippen molar-refractivity contribution in [1.29, 1.82) is 0 Å². The summed E-state index contributed by atoms with van der Waals surface area (Å²) in [5, 5.41) is 2.86. The highest BCUT2D eigenvalue weighted by atomic mass is 16.5. The van der Waals surface area contributed by atoms with Crippen LogP contribution in [0.2, 0.25) is 0 Å². The first-order valence-electron chi connectivity index (χ1n) is 6.68. The van der Waals surface area contributed by atoms with Crippen LogP contribution in [0, 0.1) is 0 Å². The summed E-state index contributed by atoms with van der Waals surface area (Å²) in [5.74, 6) is -0.498. The van der Waals surface area contributed by atoms with Crippen molar-refractivity contribution in [1.82, 2.24) is 5.32 Å². The van der Waals surface area contributed by atoms with Crippen molar-refractivity contribution < 1.29 is 14.3 Å². The average molecular weight is 277 g/mol. The molecule has 1 aromatic carbocycles. The average Bonchev–Trinajstić information content (AvgIpc) is 2.42. The van der Waals surface area contributed by atoms with Gasteiger partial charge in [0.15, 0.2) is 5.78 Å². The minimum absolute atomic E-state index is 0.0346. The van der Waals surface area contributed by atoms with E-state index in [-0.39, 0.29) is 17.6 Å². The SMILES string of the molecule is CNC(CC(=O)OC)C(=O)c1ccc(C(C)(C)C)cc1. The summed E-state index contributed by atoms with van der Waals surface area (Å²) in [7, 11) is 2.98. The van der Waals surface area contributed by atoms with Gasteiger partial charge in [0.1, 0.15) is 0 Å². The van der Waals surface area contributed by atoms with Gasteiger partial charge in [0, 0.05) is 5.56 Å². The summed E-state index contributed by atoms with van der Waals surface area (Å²) in [4.78, 5) is 23.6. The molecule has 1 aromatic rings. The van der Waals surface area contributed by atoms with Crippen LogP contribution in [-0.2, 0) is 14.9 Å². The van der Waals surface area contributed by atoms with Crippen LogP contribution in [-0.4, -0.2) is 32.0 Å². The summed E-state index contributed by atoms with van der Waals surface area (Å²) in [6, 6.07) is 6.98. The number of benzene rings is 1. The molecule has 0 saturated carbocycles. The number of likely N-dealkylation sites (N-methyl/N-ethyl adjacent to an activating group) is 1. The third-order valence-corrected chi connectivity index (χ3v) is 3.30. The predicted molar refractivity (Wildman–Crippen MR) is 79.0 cm³/mol. The van der Waals surface area contributed by atoms with Crippen LogP contribution in [0.1, 0.15) is 43.1 Å². The quantitative estimate of drug-likeness (QED) is 0.663. The zero-order chi connectivity index (χ0) is 15.3. The van der Waals surface area contributed by atoms with Crippen LogP contribution in [0.25, 0.3) is 0 Å². The van der Waals surface area contributed by atoms with Crippen LogP contribution in [0.4, 0.5) is 0 Å². The predicted octanol–water partition coefficient (Wildman–Crippen LogP) is 2.32. The van der Waals surface area contributed by atoms with E-state index in [0.717, 1.165) is 0 Å². The van der Waals surface area contributed by atoms with E-state index in [1.807, 2.05) is 24.3 Å². The Kier molecular flexibility index (Phi) is 5.45. The molecule has 0 spiro atoms. The number of methoxy groups -OCH3 is 1. The summed E-state index contributed by atoms with van der Waals surface area (Å²) in [5.41, 5.74) is 1.82. The summed E-state index contributed by atoms with van der Waals surface area (Å²) in [6.07, 6.45) is 0.0346. The number of esters is 1. The van der Waals surface area contributed by atoms with Gasteiger partial charge in [0.05, 0.1) is 19.6 Å². The van der Waals surface area contributed by atoms with Crippen molar-refractivity contribution in [2.24, 2.45) is 0 Å². The zero-order valence-electron chi connectivity index (χ0n) is 12.8. The van der Waals surface area contributed by atoms with E-state index in [1.165, 1.54) is 12.7 Å². The minimum atomic E-state index is -0.553. The van der Waals surface area contributed by atoms with Gasteiger partial charge in [-0.25, -0.2) is 0 Å². The second-order valence-corrected chi connectivity index (χ2v) is 5.81. The van der Waals surface area contributed by atoms with Gasteiger partial charge >= 0.3 is 5.97 Å². The molecule has 20 heavy (non-hydrogen) atoms. The summed E-state index contributed by atoms with van der Waals surface area (Å²) in [6.45, 7) is 6.37. The normalized spacial score (nSPS) is 12.8. The van der Waals surface area contributed by atoms with Crippen molar-refractivity contribution in [2.45, 2.75) is 38.6 Å². The van der Waals surface area contributed by atoms with Gasteiger partial charge in [-0.05, 0) is 18.0 Å². The second kappa shape index (κ2) is 6.66. The van der Waals surface area contributed by atoms with Crippen molar-refractivity contribution in [3.8, 4) is 0 Å². The van der Waals surface area contributed by atoms with Crippen molar-refractivity contribution in [3.05, 3.63) is 35.4 Å². The fourth-order valence-corrected chi connectivity index (χ4v) is 1.91. The maximum atomic E-state index is 12.3. The number of ether oxygens (including phenoxy) is 1. The largest absolute Gasteiger partial charge is 0.469 e. The molecule has 1 rings (SSSR count). The van der Waals surface area contributed by atoms with Gasteiger partial charge in [-0.3, -0.25) is 9.59 Å². The molecule has 0 saturated heterocycles. The molecule has 0 heterocycles. The van der Waals surface area contributed by atoms with Crippen molar-refractivity contribution in [2.75, 3.05) is 14.2 Å². The topological polar surface area (TPSA) is 55.4 Å². The summed E-state index contributed by atoms with van der Waals surface area (Å²) < 4.78 is 4.60. The number of carbonyl (C=O) groups is 2. The number of nitrogens with one attached hydrogen (secondary N) is 1. The van der Waals surface area contributed by atoms with E-state index in [1.54, 1.807) is 7.05 Å². The fraction of sp³-hybridized carbons (Fsp3) is 0.500. The molecule has 0 fully saturated rings. The first-order chi connectivity index (χ1) is 9.29. The number of hydrogen-bond donors (Lipinski definition) is 1. The molecule has 1 atom stereocenters. The van der Waals surface area contributed by atoms with Crippen molar-refractivity contribution >= 4 is 11.8 Å². The number of hydrogen-bond acceptors (Lipinski definition) is 4. The number of ketones is 1. The Labute approximate surface area is 120 Å². The van der Waals surface area contributed by atoms with Gasteiger partial charge in [-0.2, -0.15) is 0 Å². The highest BCUT2D eigenvalue weighted by Gasteiger charge is 2.22. The van der Waals surface area contributed by atoms with E-state index < -0.39 is 12.0 Å². The Hall–Kier alpha value is -1.68. The van der Waals surface area contributed by atoms with Gasteiger partial charge in [-0.1, -0.05) is 45.0 Å². The van der Waals surface area contributed by atoms with Crippen LogP contribution < -0.4 is 5.32 Å². The molecular formula is C16H23NO3. The first-order valence-corrected chi connectivity index (χ1v) is 6.68. The van der Waals surface area contributed by atoms with Gasteiger partial charge < -0.3 is 10.1 Å². The lowest BCUT2D eigenvalue weighted by molar-refractivity contribution is -0.140. The highest BCUT2D eigenvalue weighted by Crippen LogP contribution is 2.22. The highest BCUT2D eigenvalue weighted by molar-refractivity contribution is 6.01.